The average Bonchev–Trinajstić information content (AvgIpc) is 3.27. The molecule has 0 saturated carbocycles. The zero-order chi connectivity index (χ0) is 21.2. The van der Waals surface area contributed by atoms with Crippen molar-refractivity contribution in [3.05, 3.63) is 53.4 Å². The maximum absolute atomic E-state index is 5.54. The van der Waals surface area contributed by atoms with Gasteiger partial charge in [-0.05, 0) is 18.4 Å². The Morgan fingerprint density at radius 1 is 1.13 bits per heavy atom. The van der Waals surface area contributed by atoms with Crippen LogP contribution in [-0.4, -0.2) is 55.9 Å². The normalized spacial score (nSPS) is 16.6. The minimum atomic E-state index is 0.264. The number of hydrogen-bond donors (Lipinski definition) is 2. The van der Waals surface area contributed by atoms with Gasteiger partial charge in [0, 0.05) is 38.7 Å². The van der Waals surface area contributed by atoms with Crippen molar-refractivity contribution in [2.45, 2.75) is 45.2 Å². The minimum Gasteiger partial charge on any atom is -0.379 e. The molecule has 1 fully saturated rings. The summed E-state index contributed by atoms with van der Waals surface area (Å²) in [5, 5.41) is 11.1. The van der Waals surface area contributed by atoms with Crippen molar-refractivity contribution in [3.8, 4) is 0 Å². The van der Waals surface area contributed by atoms with E-state index in [0.717, 1.165) is 63.1 Å². The van der Waals surface area contributed by atoms with Gasteiger partial charge in [-0.3, -0.25) is 9.89 Å². The molecule has 1 aliphatic rings. The number of benzene rings is 1. The van der Waals surface area contributed by atoms with Crippen LogP contribution in [0.1, 0.15) is 55.7 Å². The third-order valence-corrected chi connectivity index (χ3v) is 5.77. The Morgan fingerprint density at radius 3 is 2.53 bits per heavy atom. The van der Waals surface area contributed by atoms with Gasteiger partial charge in [0.25, 0.3) is 0 Å². The van der Waals surface area contributed by atoms with E-state index in [1.54, 1.807) is 7.05 Å². The monoisotopic (exact) mass is 413 g/mol. The standard InChI is InChI=1S/C23H35N5O2/c1-4-18(5-2)21-15-20(30-27-21)16-25-23(24-3)26-17-22(19-9-7-6-8-10-19)28-11-13-29-14-12-28/h6-10,15,18,22H,4-5,11-14,16-17H2,1-3H3,(H2,24,25,26). The summed E-state index contributed by atoms with van der Waals surface area (Å²) in [6, 6.07) is 12.9. The summed E-state index contributed by atoms with van der Waals surface area (Å²) in [4.78, 5) is 6.85. The molecule has 0 aliphatic carbocycles. The van der Waals surface area contributed by atoms with E-state index >= 15 is 0 Å². The van der Waals surface area contributed by atoms with Crippen LogP contribution in [0.5, 0.6) is 0 Å². The first-order valence-corrected chi connectivity index (χ1v) is 11.0. The summed E-state index contributed by atoms with van der Waals surface area (Å²) >= 11 is 0. The topological polar surface area (TPSA) is 74.9 Å². The smallest absolute Gasteiger partial charge is 0.191 e. The van der Waals surface area contributed by atoms with Crippen LogP contribution < -0.4 is 10.6 Å². The number of morpholine rings is 1. The fourth-order valence-corrected chi connectivity index (χ4v) is 3.92. The molecule has 30 heavy (non-hydrogen) atoms. The molecule has 7 heteroatoms. The van der Waals surface area contributed by atoms with Gasteiger partial charge >= 0.3 is 0 Å². The van der Waals surface area contributed by atoms with Crippen molar-refractivity contribution < 1.29 is 9.26 Å². The molecular formula is C23H35N5O2. The number of aromatic nitrogens is 1. The van der Waals surface area contributed by atoms with Crippen molar-refractivity contribution in [3.63, 3.8) is 0 Å². The molecule has 1 aromatic heterocycles. The first-order chi connectivity index (χ1) is 14.7. The molecule has 1 aromatic carbocycles. The number of hydrogen-bond acceptors (Lipinski definition) is 5. The van der Waals surface area contributed by atoms with Crippen molar-refractivity contribution in [2.75, 3.05) is 39.9 Å². The summed E-state index contributed by atoms with van der Waals surface area (Å²) in [7, 11) is 1.79. The zero-order valence-electron chi connectivity index (χ0n) is 18.4. The highest BCUT2D eigenvalue weighted by molar-refractivity contribution is 5.79. The number of guanidine groups is 1. The molecule has 0 radical (unpaired) electrons. The van der Waals surface area contributed by atoms with Gasteiger partial charge in [-0.15, -0.1) is 0 Å². The Bertz CT molecular complexity index is 767. The second-order valence-corrected chi connectivity index (χ2v) is 7.61. The number of nitrogens with zero attached hydrogens (tertiary/aromatic N) is 3. The average molecular weight is 414 g/mol. The third kappa shape index (κ3) is 6.06. The first kappa shape index (κ1) is 22.3. The molecular weight excluding hydrogens is 378 g/mol. The lowest BCUT2D eigenvalue weighted by Crippen LogP contribution is -2.46. The van der Waals surface area contributed by atoms with Gasteiger partial charge in [0.1, 0.15) is 0 Å². The lowest BCUT2D eigenvalue weighted by Gasteiger charge is -2.35. The molecule has 0 bridgehead atoms. The summed E-state index contributed by atoms with van der Waals surface area (Å²) < 4.78 is 11.1. The Morgan fingerprint density at radius 2 is 1.87 bits per heavy atom. The molecule has 1 atom stereocenters. The molecule has 164 valence electrons. The SMILES string of the molecule is CCC(CC)c1cc(CNC(=NC)NCC(c2ccccc2)N2CCOCC2)on1. The lowest BCUT2D eigenvalue weighted by molar-refractivity contribution is 0.0170. The highest BCUT2D eigenvalue weighted by Crippen LogP contribution is 2.23. The van der Waals surface area contributed by atoms with Gasteiger partial charge in [0.2, 0.25) is 0 Å². The number of nitrogens with one attached hydrogen (secondary N) is 2. The summed E-state index contributed by atoms with van der Waals surface area (Å²) in [5.74, 6) is 2.04. The van der Waals surface area contributed by atoms with Gasteiger partial charge in [-0.25, -0.2) is 0 Å². The third-order valence-electron chi connectivity index (χ3n) is 5.77. The molecule has 1 saturated heterocycles. The van der Waals surface area contributed by atoms with Crippen LogP contribution in [0.3, 0.4) is 0 Å². The number of rotatable bonds is 9. The molecule has 7 nitrogen and oxygen atoms in total. The summed E-state index contributed by atoms with van der Waals surface area (Å²) in [6.45, 7) is 9.11. The van der Waals surface area contributed by atoms with Gasteiger partial charge in [0.05, 0.1) is 31.5 Å². The van der Waals surface area contributed by atoms with E-state index in [0.29, 0.717) is 12.5 Å². The second kappa shape index (κ2) is 11.7. The van der Waals surface area contributed by atoms with E-state index in [2.05, 4.69) is 75.9 Å². The van der Waals surface area contributed by atoms with E-state index in [-0.39, 0.29) is 6.04 Å². The molecule has 0 amide bonds. The predicted octanol–water partition coefficient (Wildman–Crippen LogP) is 3.32. The largest absolute Gasteiger partial charge is 0.379 e. The molecule has 0 spiro atoms. The van der Waals surface area contributed by atoms with Crippen LogP contribution in [0.25, 0.3) is 0 Å². The van der Waals surface area contributed by atoms with Crippen molar-refractivity contribution in [2.24, 2.45) is 4.99 Å². The summed E-state index contributed by atoms with van der Waals surface area (Å²) in [5.41, 5.74) is 2.34. The molecule has 3 rings (SSSR count). The molecule has 2 aromatic rings. The second-order valence-electron chi connectivity index (χ2n) is 7.61. The Hall–Kier alpha value is -2.38. The highest BCUT2D eigenvalue weighted by atomic mass is 16.5. The fourth-order valence-electron chi connectivity index (χ4n) is 3.92. The molecule has 2 N–H and O–H groups in total. The van der Waals surface area contributed by atoms with Crippen LogP contribution in [0.2, 0.25) is 0 Å². The van der Waals surface area contributed by atoms with Gasteiger partial charge in [0.15, 0.2) is 11.7 Å². The highest BCUT2D eigenvalue weighted by Gasteiger charge is 2.22. The Kier molecular flexibility index (Phi) is 8.71. The van der Waals surface area contributed by atoms with Gasteiger partial charge in [-0.1, -0.05) is 49.3 Å². The summed E-state index contributed by atoms with van der Waals surface area (Å²) in [6.07, 6.45) is 2.14. The van der Waals surface area contributed by atoms with Crippen molar-refractivity contribution in [1.82, 2.24) is 20.7 Å². The molecule has 1 aliphatic heterocycles. The zero-order valence-corrected chi connectivity index (χ0v) is 18.4. The van der Waals surface area contributed by atoms with E-state index in [4.69, 9.17) is 9.26 Å². The van der Waals surface area contributed by atoms with Crippen LogP contribution in [-0.2, 0) is 11.3 Å². The predicted molar refractivity (Wildman–Crippen MR) is 120 cm³/mol. The fraction of sp³-hybridized carbons (Fsp3) is 0.565. The lowest BCUT2D eigenvalue weighted by atomic mass is 9.99. The quantitative estimate of drug-likeness (QED) is 0.485. The van der Waals surface area contributed by atoms with E-state index in [1.165, 1.54) is 5.56 Å². The molecule has 2 heterocycles. The number of ether oxygens (including phenoxy) is 1. The maximum Gasteiger partial charge on any atom is 0.191 e. The minimum absolute atomic E-state index is 0.264. The van der Waals surface area contributed by atoms with Crippen LogP contribution in [0, 0.1) is 0 Å². The first-order valence-electron chi connectivity index (χ1n) is 11.0. The Balaban J connectivity index is 1.57. The van der Waals surface area contributed by atoms with Crippen molar-refractivity contribution >= 4 is 5.96 Å². The van der Waals surface area contributed by atoms with Gasteiger partial charge < -0.3 is 19.9 Å². The molecule has 1 unspecified atom stereocenters. The van der Waals surface area contributed by atoms with E-state index < -0.39 is 0 Å². The van der Waals surface area contributed by atoms with Crippen LogP contribution in [0.15, 0.2) is 45.9 Å². The van der Waals surface area contributed by atoms with Crippen LogP contribution >= 0.6 is 0 Å². The van der Waals surface area contributed by atoms with E-state index in [9.17, 15) is 0 Å². The number of aliphatic imine (C=N–C) groups is 1. The Labute approximate surface area is 179 Å². The maximum atomic E-state index is 5.54. The van der Waals surface area contributed by atoms with Crippen LogP contribution in [0.4, 0.5) is 0 Å². The van der Waals surface area contributed by atoms with Gasteiger partial charge in [-0.2, -0.15) is 0 Å². The van der Waals surface area contributed by atoms with Crippen molar-refractivity contribution in [1.29, 1.82) is 0 Å². The van der Waals surface area contributed by atoms with E-state index in [1.807, 2.05) is 0 Å².